The average Bonchev–Trinajstić information content (AvgIpc) is 2.70. The van der Waals surface area contributed by atoms with Gasteiger partial charge in [-0.3, -0.25) is 9.59 Å². The van der Waals surface area contributed by atoms with Crippen molar-refractivity contribution in [1.82, 2.24) is 4.90 Å². The second kappa shape index (κ2) is 8.77. The maximum atomic E-state index is 12.9. The zero-order valence-electron chi connectivity index (χ0n) is 16.8. The van der Waals surface area contributed by atoms with Crippen LogP contribution in [0.25, 0.3) is 0 Å². The van der Waals surface area contributed by atoms with Gasteiger partial charge in [-0.25, -0.2) is 0 Å². The molecule has 160 valence electrons. The average molecular weight is 420 g/mol. The van der Waals surface area contributed by atoms with Crippen molar-refractivity contribution >= 4 is 17.5 Å². The van der Waals surface area contributed by atoms with E-state index in [1.165, 1.54) is 12.1 Å². The third kappa shape index (κ3) is 5.31. The van der Waals surface area contributed by atoms with Crippen molar-refractivity contribution in [2.75, 3.05) is 18.4 Å². The highest BCUT2D eigenvalue weighted by Gasteiger charge is 2.31. The van der Waals surface area contributed by atoms with Gasteiger partial charge in [-0.05, 0) is 36.8 Å². The van der Waals surface area contributed by atoms with Gasteiger partial charge in [0.05, 0.1) is 5.56 Å². The second-order valence-electron chi connectivity index (χ2n) is 7.34. The van der Waals surface area contributed by atoms with E-state index < -0.39 is 17.6 Å². The summed E-state index contributed by atoms with van der Waals surface area (Å²) in [4.78, 5) is 25.6. The van der Waals surface area contributed by atoms with E-state index in [0.29, 0.717) is 37.4 Å². The first-order valence-electron chi connectivity index (χ1n) is 9.65. The van der Waals surface area contributed by atoms with Crippen LogP contribution >= 0.6 is 0 Å². The Balaban J connectivity index is 1.68. The van der Waals surface area contributed by atoms with Gasteiger partial charge >= 0.3 is 6.18 Å². The highest BCUT2D eigenvalue weighted by Crippen LogP contribution is 2.30. The number of nitrogens with zero attached hydrogens (tertiary/aromatic N) is 1. The van der Waals surface area contributed by atoms with Crippen LogP contribution in [-0.4, -0.2) is 35.9 Å². The molecule has 0 bridgehead atoms. The van der Waals surface area contributed by atoms with E-state index in [2.05, 4.69) is 5.32 Å². The number of aryl methyl sites for hydroxylation is 1. The topological polar surface area (TPSA) is 58.6 Å². The number of nitrogens with one attached hydrogen (secondary N) is 1. The Labute approximate surface area is 172 Å². The molecule has 0 saturated carbocycles. The van der Waals surface area contributed by atoms with Crippen molar-refractivity contribution in [3.05, 3.63) is 59.2 Å². The van der Waals surface area contributed by atoms with Crippen LogP contribution in [0.1, 0.15) is 41.3 Å². The molecule has 0 aliphatic carbocycles. The Kier molecular flexibility index (Phi) is 6.34. The minimum Gasteiger partial charge on any atom is -0.490 e. The summed E-state index contributed by atoms with van der Waals surface area (Å²) in [5.74, 6) is 0.00715. The molecular formula is C22H23F3N2O3. The minimum atomic E-state index is -4.51. The van der Waals surface area contributed by atoms with E-state index in [-0.39, 0.29) is 17.6 Å². The maximum Gasteiger partial charge on any atom is 0.416 e. The molecule has 0 unspecified atom stereocenters. The predicted molar refractivity (Wildman–Crippen MR) is 106 cm³/mol. The van der Waals surface area contributed by atoms with Gasteiger partial charge < -0.3 is 15.0 Å². The van der Waals surface area contributed by atoms with E-state index in [1.807, 2.05) is 6.92 Å². The van der Waals surface area contributed by atoms with Crippen molar-refractivity contribution in [2.24, 2.45) is 0 Å². The molecule has 0 radical (unpaired) electrons. The van der Waals surface area contributed by atoms with Gasteiger partial charge in [0.1, 0.15) is 11.9 Å². The summed E-state index contributed by atoms with van der Waals surface area (Å²) >= 11 is 0. The van der Waals surface area contributed by atoms with E-state index >= 15 is 0 Å². The number of ether oxygens (including phenoxy) is 1. The Morgan fingerprint density at radius 3 is 2.43 bits per heavy atom. The molecule has 1 aliphatic rings. The summed E-state index contributed by atoms with van der Waals surface area (Å²) in [5.41, 5.74) is 0.352. The number of alkyl halides is 3. The van der Waals surface area contributed by atoms with Crippen LogP contribution in [0.2, 0.25) is 0 Å². The molecule has 2 aromatic carbocycles. The molecule has 0 atom stereocenters. The number of piperidine rings is 1. The van der Waals surface area contributed by atoms with Crippen LogP contribution < -0.4 is 10.1 Å². The number of anilines is 1. The first kappa shape index (κ1) is 21.7. The molecule has 0 aromatic heterocycles. The first-order valence-corrected chi connectivity index (χ1v) is 9.65. The van der Waals surface area contributed by atoms with Crippen LogP contribution in [0.15, 0.2) is 42.5 Å². The lowest BCUT2D eigenvalue weighted by atomic mass is 10.1. The standard InChI is InChI=1S/C22H23F3N2O3/c1-14-6-7-18(13-20(14)30-19-8-10-27(11-9-19)15(2)28)26-21(29)16-4-3-5-17(12-16)22(23,24)25/h3-7,12-13,19H,8-11H2,1-2H3,(H,26,29). The summed E-state index contributed by atoms with van der Waals surface area (Å²) < 4.78 is 44.7. The number of carbonyl (C=O) groups excluding carboxylic acids is 2. The van der Waals surface area contributed by atoms with Gasteiger partial charge in [0, 0.05) is 50.2 Å². The highest BCUT2D eigenvalue weighted by atomic mass is 19.4. The SMILES string of the molecule is CC(=O)N1CCC(Oc2cc(NC(=O)c3cccc(C(F)(F)F)c3)ccc2C)CC1. The second-order valence-corrected chi connectivity index (χ2v) is 7.34. The van der Waals surface area contributed by atoms with E-state index in [0.717, 1.165) is 17.7 Å². The van der Waals surface area contributed by atoms with Gasteiger partial charge in [-0.1, -0.05) is 12.1 Å². The third-order valence-corrected chi connectivity index (χ3v) is 5.08. The number of halogens is 3. The van der Waals surface area contributed by atoms with Crippen molar-refractivity contribution in [1.29, 1.82) is 0 Å². The minimum absolute atomic E-state index is 0.0453. The fraction of sp³-hybridized carbons (Fsp3) is 0.364. The van der Waals surface area contributed by atoms with Gasteiger partial charge in [0.15, 0.2) is 0 Å². The smallest absolute Gasteiger partial charge is 0.416 e. The van der Waals surface area contributed by atoms with Crippen molar-refractivity contribution in [2.45, 2.75) is 39.0 Å². The monoisotopic (exact) mass is 420 g/mol. The number of hydrogen-bond acceptors (Lipinski definition) is 3. The molecule has 8 heteroatoms. The first-order chi connectivity index (χ1) is 14.1. The largest absolute Gasteiger partial charge is 0.490 e. The number of likely N-dealkylation sites (tertiary alicyclic amines) is 1. The van der Waals surface area contributed by atoms with Crippen molar-refractivity contribution in [3.63, 3.8) is 0 Å². The Morgan fingerprint density at radius 1 is 1.10 bits per heavy atom. The zero-order chi connectivity index (χ0) is 21.9. The Hall–Kier alpha value is -3.03. The number of amides is 2. The van der Waals surface area contributed by atoms with Gasteiger partial charge in [0.25, 0.3) is 5.91 Å². The van der Waals surface area contributed by atoms with E-state index in [1.54, 1.807) is 30.0 Å². The van der Waals surface area contributed by atoms with Gasteiger partial charge in [-0.15, -0.1) is 0 Å². The molecule has 5 nitrogen and oxygen atoms in total. The molecular weight excluding hydrogens is 397 g/mol. The molecule has 0 spiro atoms. The molecule has 1 saturated heterocycles. The van der Waals surface area contributed by atoms with Crippen molar-refractivity contribution in [3.8, 4) is 5.75 Å². The fourth-order valence-corrected chi connectivity index (χ4v) is 3.31. The predicted octanol–water partition coefficient (Wildman–Crippen LogP) is 4.66. The summed E-state index contributed by atoms with van der Waals surface area (Å²) in [7, 11) is 0. The van der Waals surface area contributed by atoms with Gasteiger partial charge in [-0.2, -0.15) is 13.2 Å². The molecule has 2 amide bonds. The quantitative estimate of drug-likeness (QED) is 0.783. The molecule has 1 N–H and O–H groups in total. The zero-order valence-corrected chi connectivity index (χ0v) is 16.8. The number of hydrogen-bond donors (Lipinski definition) is 1. The maximum absolute atomic E-state index is 12.9. The van der Waals surface area contributed by atoms with Crippen LogP contribution in [0, 0.1) is 6.92 Å². The molecule has 1 heterocycles. The van der Waals surface area contributed by atoms with E-state index in [9.17, 15) is 22.8 Å². The lowest BCUT2D eigenvalue weighted by molar-refractivity contribution is -0.137. The normalized spacial score (nSPS) is 15.0. The van der Waals surface area contributed by atoms with E-state index in [4.69, 9.17) is 4.74 Å². The lowest BCUT2D eigenvalue weighted by Crippen LogP contribution is -2.40. The highest BCUT2D eigenvalue weighted by molar-refractivity contribution is 6.04. The fourth-order valence-electron chi connectivity index (χ4n) is 3.31. The molecule has 1 aliphatic heterocycles. The Morgan fingerprint density at radius 2 is 1.80 bits per heavy atom. The Bertz CT molecular complexity index is 935. The summed E-state index contributed by atoms with van der Waals surface area (Å²) in [6.45, 7) is 4.68. The molecule has 3 rings (SSSR count). The van der Waals surface area contributed by atoms with Crippen LogP contribution in [0.5, 0.6) is 5.75 Å². The summed E-state index contributed by atoms with van der Waals surface area (Å²) in [5, 5.41) is 2.62. The third-order valence-electron chi connectivity index (χ3n) is 5.08. The number of carbonyl (C=O) groups is 2. The number of rotatable bonds is 4. The summed E-state index contributed by atoms with van der Waals surface area (Å²) in [6, 6.07) is 9.40. The lowest BCUT2D eigenvalue weighted by Gasteiger charge is -2.31. The number of benzene rings is 2. The van der Waals surface area contributed by atoms with Crippen molar-refractivity contribution < 1.29 is 27.5 Å². The van der Waals surface area contributed by atoms with Gasteiger partial charge in [0.2, 0.25) is 5.91 Å². The molecule has 1 fully saturated rings. The molecule has 2 aromatic rings. The van der Waals surface area contributed by atoms with Crippen LogP contribution in [0.4, 0.5) is 18.9 Å². The van der Waals surface area contributed by atoms with Crippen LogP contribution in [-0.2, 0) is 11.0 Å². The van der Waals surface area contributed by atoms with Crippen LogP contribution in [0.3, 0.4) is 0 Å². The summed E-state index contributed by atoms with van der Waals surface area (Å²) in [6.07, 6.45) is -3.15. The molecule has 30 heavy (non-hydrogen) atoms.